The fourth-order valence-electron chi connectivity index (χ4n) is 1.53. The Labute approximate surface area is 93.7 Å². The zero-order valence-corrected chi connectivity index (χ0v) is 9.97. The van der Waals surface area contributed by atoms with Crippen LogP contribution in [0.2, 0.25) is 0 Å². The number of nitrogens with zero attached hydrogens (tertiary/aromatic N) is 2. The molecule has 0 radical (unpaired) electrons. The highest BCUT2D eigenvalue weighted by atomic mass is 32.1. The van der Waals surface area contributed by atoms with Crippen molar-refractivity contribution in [2.75, 3.05) is 0 Å². The van der Waals surface area contributed by atoms with Crippen LogP contribution < -0.4 is 5.73 Å². The van der Waals surface area contributed by atoms with Crippen molar-refractivity contribution in [3.8, 4) is 0 Å². The number of carbonyl (C=O) groups excluding carboxylic acids is 1. The van der Waals surface area contributed by atoms with Crippen molar-refractivity contribution in [3.05, 3.63) is 10.6 Å². The molecule has 1 aromatic rings. The highest BCUT2D eigenvalue weighted by Gasteiger charge is 2.16. The molecule has 15 heavy (non-hydrogen) atoms. The molecule has 5 nitrogen and oxygen atoms in total. The van der Waals surface area contributed by atoms with Crippen molar-refractivity contribution in [1.82, 2.24) is 14.8 Å². The summed E-state index contributed by atoms with van der Waals surface area (Å²) in [5.74, 6) is 0.780. The Morgan fingerprint density at radius 2 is 2.20 bits per heavy atom. The summed E-state index contributed by atoms with van der Waals surface area (Å²) < 4.78 is 2.39. The lowest BCUT2D eigenvalue weighted by atomic mass is 10.1. The zero-order valence-electron chi connectivity index (χ0n) is 9.15. The van der Waals surface area contributed by atoms with E-state index in [2.05, 4.69) is 10.2 Å². The normalized spacial score (nSPS) is 13.1. The molecule has 1 aromatic heterocycles. The van der Waals surface area contributed by atoms with Crippen LogP contribution in [0.4, 0.5) is 0 Å². The van der Waals surface area contributed by atoms with Gasteiger partial charge in [0.1, 0.15) is 5.82 Å². The maximum atomic E-state index is 10.8. The van der Waals surface area contributed by atoms with Gasteiger partial charge in [0.05, 0.1) is 0 Å². The number of H-pyrrole nitrogens is 1. The number of aromatic nitrogens is 3. The molecule has 1 atom stereocenters. The average molecular weight is 228 g/mol. The zero-order chi connectivity index (χ0) is 11.6. The molecule has 1 amide bonds. The van der Waals surface area contributed by atoms with Crippen LogP contribution in [-0.4, -0.2) is 20.7 Å². The third kappa shape index (κ3) is 2.65. The molecule has 6 heteroatoms. The van der Waals surface area contributed by atoms with Crippen LogP contribution in [0.3, 0.4) is 0 Å². The van der Waals surface area contributed by atoms with Gasteiger partial charge in [-0.05, 0) is 19.1 Å². The molecule has 0 bridgehead atoms. The van der Waals surface area contributed by atoms with Gasteiger partial charge in [0.25, 0.3) is 0 Å². The number of amides is 1. The molecular formula is C9H16N4OS. The van der Waals surface area contributed by atoms with E-state index < -0.39 is 0 Å². The first-order valence-electron chi connectivity index (χ1n) is 4.88. The van der Waals surface area contributed by atoms with Gasteiger partial charge in [-0.15, -0.1) is 0 Å². The Morgan fingerprint density at radius 1 is 1.60 bits per heavy atom. The van der Waals surface area contributed by atoms with Crippen LogP contribution in [-0.2, 0) is 4.79 Å². The monoisotopic (exact) mass is 228 g/mol. The summed E-state index contributed by atoms with van der Waals surface area (Å²) in [4.78, 5) is 10.8. The SMILES string of the molecule is CC(C)c1n[nH]c(=S)n1C(C)CC(N)=O. The summed E-state index contributed by atoms with van der Waals surface area (Å²) in [7, 11) is 0. The van der Waals surface area contributed by atoms with E-state index in [1.165, 1.54) is 0 Å². The van der Waals surface area contributed by atoms with Crippen molar-refractivity contribution in [3.63, 3.8) is 0 Å². The van der Waals surface area contributed by atoms with E-state index in [-0.39, 0.29) is 24.3 Å². The van der Waals surface area contributed by atoms with E-state index in [0.29, 0.717) is 4.77 Å². The number of carbonyl (C=O) groups is 1. The minimum Gasteiger partial charge on any atom is -0.370 e. The van der Waals surface area contributed by atoms with Crippen LogP contribution in [0, 0.1) is 4.77 Å². The fraction of sp³-hybridized carbons (Fsp3) is 0.667. The fourth-order valence-corrected chi connectivity index (χ4v) is 1.85. The van der Waals surface area contributed by atoms with Gasteiger partial charge in [-0.25, -0.2) is 0 Å². The Hall–Kier alpha value is -1.17. The Kier molecular flexibility index (Phi) is 3.62. The summed E-state index contributed by atoms with van der Waals surface area (Å²) >= 11 is 5.11. The standard InChI is InChI=1S/C9H16N4OS/c1-5(2)8-11-12-9(15)13(8)6(3)4-7(10)14/h5-6H,4H2,1-3H3,(H2,10,14)(H,12,15). The van der Waals surface area contributed by atoms with Crippen molar-refractivity contribution in [2.45, 2.75) is 39.2 Å². The van der Waals surface area contributed by atoms with E-state index >= 15 is 0 Å². The van der Waals surface area contributed by atoms with Crippen molar-refractivity contribution >= 4 is 18.1 Å². The second kappa shape index (κ2) is 4.57. The number of hydrogen-bond acceptors (Lipinski definition) is 3. The summed E-state index contributed by atoms with van der Waals surface area (Å²) in [6.45, 7) is 5.96. The predicted octanol–water partition coefficient (Wildman–Crippen LogP) is 1.50. The molecule has 1 rings (SSSR count). The Morgan fingerprint density at radius 3 is 2.67 bits per heavy atom. The van der Waals surface area contributed by atoms with Gasteiger partial charge >= 0.3 is 0 Å². The quantitative estimate of drug-likeness (QED) is 0.767. The van der Waals surface area contributed by atoms with Crippen LogP contribution in [0.5, 0.6) is 0 Å². The second-order valence-corrected chi connectivity index (χ2v) is 4.32. The van der Waals surface area contributed by atoms with Gasteiger partial charge in [-0.2, -0.15) is 5.10 Å². The van der Waals surface area contributed by atoms with Gasteiger partial charge in [0.15, 0.2) is 4.77 Å². The second-order valence-electron chi connectivity index (χ2n) is 3.93. The number of primary amides is 1. The van der Waals surface area contributed by atoms with Gasteiger partial charge in [0, 0.05) is 18.4 Å². The van der Waals surface area contributed by atoms with Crippen molar-refractivity contribution < 1.29 is 4.79 Å². The molecule has 0 saturated carbocycles. The molecule has 1 heterocycles. The van der Waals surface area contributed by atoms with E-state index in [4.69, 9.17) is 18.0 Å². The Balaban J connectivity index is 3.06. The van der Waals surface area contributed by atoms with Crippen molar-refractivity contribution in [2.24, 2.45) is 5.73 Å². The van der Waals surface area contributed by atoms with E-state index in [9.17, 15) is 4.79 Å². The smallest absolute Gasteiger partial charge is 0.219 e. The third-order valence-electron chi connectivity index (χ3n) is 2.19. The largest absolute Gasteiger partial charge is 0.370 e. The molecule has 0 aliphatic rings. The molecule has 0 aliphatic heterocycles. The molecular weight excluding hydrogens is 212 g/mol. The van der Waals surface area contributed by atoms with Gasteiger partial charge in [0.2, 0.25) is 5.91 Å². The third-order valence-corrected chi connectivity index (χ3v) is 2.47. The first-order chi connectivity index (χ1) is 6.93. The van der Waals surface area contributed by atoms with Gasteiger partial charge in [-0.3, -0.25) is 9.89 Å². The molecule has 0 aromatic carbocycles. The van der Waals surface area contributed by atoms with Crippen LogP contribution in [0.15, 0.2) is 0 Å². The topological polar surface area (TPSA) is 76.7 Å². The predicted molar refractivity (Wildman–Crippen MR) is 60.0 cm³/mol. The molecule has 0 aliphatic carbocycles. The minimum absolute atomic E-state index is 0.0499. The van der Waals surface area contributed by atoms with Crippen molar-refractivity contribution in [1.29, 1.82) is 0 Å². The van der Waals surface area contributed by atoms with E-state index in [1.807, 2.05) is 25.3 Å². The summed E-state index contributed by atoms with van der Waals surface area (Å²) in [6.07, 6.45) is 0.271. The number of hydrogen-bond donors (Lipinski definition) is 2. The lowest BCUT2D eigenvalue weighted by Gasteiger charge is -2.15. The maximum Gasteiger partial charge on any atom is 0.219 e. The molecule has 3 N–H and O–H groups in total. The molecule has 1 unspecified atom stereocenters. The summed E-state index contributed by atoms with van der Waals surface area (Å²) in [6, 6.07) is -0.0499. The number of nitrogens with two attached hydrogens (primary N) is 1. The lowest BCUT2D eigenvalue weighted by molar-refractivity contribution is -0.118. The Bertz CT molecular complexity index is 406. The average Bonchev–Trinajstić information content (AvgIpc) is 2.45. The van der Waals surface area contributed by atoms with Crippen LogP contribution in [0.1, 0.15) is 45.0 Å². The number of aromatic amines is 1. The maximum absolute atomic E-state index is 10.8. The highest BCUT2D eigenvalue weighted by molar-refractivity contribution is 7.71. The lowest BCUT2D eigenvalue weighted by Crippen LogP contribution is -2.19. The molecule has 84 valence electrons. The van der Waals surface area contributed by atoms with Gasteiger partial charge in [-0.1, -0.05) is 13.8 Å². The molecule has 0 saturated heterocycles. The molecule has 0 spiro atoms. The van der Waals surface area contributed by atoms with E-state index in [1.54, 1.807) is 0 Å². The number of rotatable bonds is 4. The minimum atomic E-state index is -0.333. The van der Waals surface area contributed by atoms with Crippen LogP contribution in [0.25, 0.3) is 0 Å². The number of nitrogens with one attached hydrogen (secondary N) is 1. The van der Waals surface area contributed by atoms with E-state index in [0.717, 1.165) is 5.82 Å². The molecule has 0 fully saturated rings. The summed E-state index contributed by atoms with van der Waals surface area (Å²) in [5.41, 5.74) is 5.16. The first-order valence-corrected chi connectivity index (χ1v) is 5.29. The first kappa shape index (κ1) is 11.9. The van der Waals surface area contributed by atoms with Crippen LogP contribution >= 0.6 is 12.2 Å². The van der Waals surface area contributed by atoms with Gasteiger partial charge < -0.3 is 10.3 Å². The highest BCUT2D eigenvalue weighted by Crippen LogP contribution is 2.19. The summed E-state index contributed by atoms with van der Waals surface area (Å²) in [5, 5.41) is 6.87.